The summed E-state index contributed by atoms with van der Waals surface area (Å²) in [5, 5.41) is 0. The number of ether oxygens (including phenoxy) is 1. The van der Waals surface area contributed by atoms with Gasteiger partial charge in [-0.05, 0) is 25.2 Å². The van der Waals surface area contributed by atoms with Crippen molar-refractivity contribution in [2.24, 2.45) is 11.8 Å². The van der Waals surface area contributed by atoms with Gasteiger partial charge in [-0.2, -0.15) is 0 Å². The van der Waals surface area contributed by atoms with Crippen LogP contribution in [0, 0.1) is 11.8 Å². The number of esters is 1. The first kappa shape index (κ1) is 32.5. The maximum absolute atomic E-state index is 12.7. The molecule has 0 fully saturated rings. The molecule has 198 valence electrons. The molecule has 0 aromatic carbocycles. The first-order valence-corrected chi connectivity index (χ1v) is 15.3. The van der Waals surface area contributed by atoms with Crippen LogP contribution in [-0.4, -0.2) is 12.6 Å². The van der Waals surface area contributed by atoms with Crippen molar-refractivity contribution < 1.29 is 9.53 Å². The number of carbonyl (C=O) groups excluding carboxylic acids is 1. The normalized spacial score (nSPS) is 12.4. The second kappa shape index (κ2) is 26.1. The van der Waals surface area contributed by atoms with Gasteiger partial charge >= 0.3 is 5.97 Å². The summed E-state index contributed by atoms with van der Waals surface area (Å²) < 4.78 is 5.74. The minimum atomic E-state index is 0.0987. The molecule has 0 spiro atoms. The van der Waals surface area contributed by atoms with E-state index in [9.17, 15) is 4.79 Å². The third-order valence-electron chi connectivity index (χ3n) is 7.07. The molecule has 0 aliphatic heterocycles. The Kier molecular flexibility index (Phi) is 25.7. The summed E-state index contributed by atoms with van der Waals surface area (Å²) in [5.74, 6) is 1.10. The van der Waals surface area contributed by atoms with Crippen LogP contribution in [0.2, 0.25) is 0 Å². The number of carbonyl (C=O) groups is 1. The van der Waals surface area contributed by atoms with Crippen LogP contribution < -0.4 is 0 Å². The third-order valence-corrected chi connectivity index (χ3v) is 7.07. The molecule has 33 heavy (non-hydrogen) atoms. The van der Waals surface area contributed by atoms with Gasteiger partial charge in [0.1, 0.15) is 0 Å². The predicted molar refractivity (Wildman–Crippen MR) is 147 cm³/mol. The zero-order chi connectivity index (χ0) is 24.4. The molecular weight excluding hydrogens is 404 g/mol. The maximum Gasteiger partial charge on any atom is 0.308 e. The molecule has 1 atom stereocenters. The van der Waals surface area contributed by atoms with Crippen LogP contribution in [0.4, 0.5) is 0 Å². The Bertz CT molecular complexity index is 390. The lowest BCUT2D eigenvalue weighted by Crippen LogP contribution is -2.18. The van der Waals surface area contributed by atoms with Gasteiger partial charge in [0.05, 0.1) is 12.5 Å². The van der Waals surface area contributed by atoms with Gasteiger partial charge in [-0.15, -0.1) is 0 Å². The lowest BCUT2D eigenvalue weighted by atomic mass is 9.94. The van der Waals surface area contributed by atoms with Crippen molar-refractivity contribution in [2.75, 3.05) is 6.61 Å². The summed E-state index contributed by atoms with van der Waals surface area (Å²) in [7, 11) is 0. The third kappa shape index (κ3) is 24.4. The van der Waals surface area contributed by atoms with Gasteiger partial charge in [-0.1, -0.05) is 156 Å². The fraction of sp³-hybridized carbons (Fsp3) is 0.968. The van der Waals surface area contributed by atoms with Gasteiger partial charge in [-0.3, -0.25) is 4.79 Å². The summed E-state index contributed by atoms with van der Waals surface area (Å²) in [6.07, 6.45) is 29.5. The molecule has 0 aliphatic rings. The molecule has 0 amide bonds. The second-order valence-corrected chi connectivity index (χ2v) is 11.0. The molecule has 0 N–H and O–H groups in total. The van der Waals surface area contributed by atoms with Crippen LogP contribution in [0.15, 0.2) is 0 Å². The van der Waals surface area contributed by atoms with Crippen LogP contribution in [0.3, 0.4) is 0 Å². The Labute approximate surface area is 209 Å². The molecule has 2 nitrogen and oxygen atoms in total. The summed E-state index contributed by atoms with van der Waals surface area (Å²) in [6, 6.07) is 0. The summed E-state index contributed by atoms with van der Waals surface area (Å²) in [4.78, 5) is 12.7. The topological polar surface area (TPSA) is 26.3 Å². The second-order valence-electron chi connectivity index (χ2n) is 11.0. The molecule has 0 rings (SSSR count). The first-order chi connectivity index (χ1) is 16.1. The van der Waals surface area contributed by atoms with E-state index in [1.165, 1.54) is 128 Å². The number of unbranched alkanes of at least 4 members (excludes halogenated alkanes) is 17. The van der Waals surface area contributed by atoms with Crippen molar-refractivity contribution in [1.29, 1.82) is 0 Å². The summed E-state index contributed by atoms with van der Waals surface area (Å²) in [5.41, 5.74) is 0. The Morgan fingerprint density at radius 3 is 1.30 bits per heavy atom. The molecule has 0 aromatic heterocycles. The lowest BCUT2D eigenvalue weighted by molar-refractivity contribution is -0.149. The van der Waals surface area contributed by atoms with E-state index in [4.69, 9.17) is 4.74 Å². The average Bonchev–Trinajstić information content (AvgIpc) is 2.80. The van der Waals surface area contributed by atoms with Crippen molar-refractivity contribution in [2.45, 2.75) is 175 Å². The van der Waals surface area contributed by atoms with Crippen molar-refractivity contribution in [3.05, 3.63) is 0 Å². The van der Waals surface area contributed by atoms with E-state index in [-0.39, 0.29) is 11.9 Å². The van der Waals surface area contributed by atoms with Crippen LogP contribution in [-0.2, 0) is 9.53 Å². The van der Waals surface area contributed by atoms with Crippen molar-refractivity contribution in [1.82, 2.24) is 0 Å². The van der Waals surface area contributed by atoms with Gasteiger partial charge < -0.3 is 4.74 Å². The largest absolute Gasteiger partial charge is 0.465 e. The molecule has 2 heteroatoms. The quantitative estimate of drug-likeness (QED) is 0.0935. The average molecular weight is 467 g/mol. The van der Waals surface area contributed by atoms with Crippen molar-refractivity contribution in [3.8, 4) is 0 Å². The fourth-order valence-electron chi connectivity index (χ4n) is 4.73. The smallest absolute Gasteiger partial charge is 0.308 e. The summed E-state index contributed by atoms with van der Waals surface area (Å²) >= 11 is 0. The van der Waals surface area contributed by atoms with Crippen LogP contribution in [0.5, 0.6) is 0 Å². The van der Waals surface area contributed by atoms with E-state index in [0.717, 1.165) is 25.2 Å². The maximum atomic E-state index is 12.7. The van der Waals surface area contributed by atoms with Crippen LogP contribution in [0.1, 0.15) is 175 Å². The van der Waals surface area contributed by atoms with E-state index in [1.54, 1.807) is 0 Å². The van der Waals surface area contributed by atoms with E-state index in [1.807, 2.05) is 0 Å². The molecule has 0 aromatic rings. The van der Waals surface area contributed by atoms with E-state index >= 15 is 0 Å². The Morgan fingerprint density at radius 1 is 0.515 bits per heavy atom. The molecule has 0 bridgehead atoms. The Hall–Kier alpha value is -0.530. The van der Waals surface area contributed by atoms with Gasteiger partial charge in [0.25, 0.3) is 0 Å². The highest BCUT2D eigenvalue weighted by Gasteiger charge is 2.19. The molecule has 0 saturated heterocycles. The minimum Gasteiger partial charge on any atom is -0.465 e. The molecule has 0 aliphatic carbocycles. The standard InChI is InChI=1S/C31H62O2/c1-5-7-9-11-14-19-23-27-30(26-22-17-10-8-6-2)31(32)33-28-24-20-16-13-12-15-18-21-25-29(3)4/h29-30H,5-28H2,1-4H3. The molecule has 0 saturated carbocycles. The summed E-state index contributed by atoms with van der Waals surface area (Å²) in [6.45, 7) is 9.80. The number of rotatable bonds is 26. The lowest BCUT2D eigenvalue weighted by Gasteiger charge is -2.16. The molecule has 1 unspecified atom stereocenters. The first-order valence-electron chi connectivity index (χ1n) is 15.3. The van der Waals surface area contributed by atoms with Crippen molar-refractivity contribution >= 4 is 5.97 Å². The minimum absolute atomic E-state index is 0.0987. The highest BCUT2D eigenvalue weighted by atomic mass is 16.5. The Morgan fingerprint density at radius 2 is 0.879 bits per heavy atom. The monoisotopic (exact) mass is 466 g/mol. The fourth-order valence-corrected chi connectivity index (χ4v) is 4.73. The van der Waals surface area contributed by atoms with Gasteiger partial charge in [-0.25, -0.2) is 0 Å². The Balaban J connectivity index is 3.90. The highest BCUT2D eigenvalue weighted by molar-refractivity contribution is 5.72. The van der Waals surface area contributed by atoms with E-state index in [2.05, 4.69) is 27.7 Å². The zero-order valence-electron chi connectivity index (χ0n) is 23.4. The molecular formula is C31H62O2. The number of hydrogen-bond donors (Lipinski definition) is 0. The van der Waals surface area contributed by atoms with Crippen LogP contribution >= 0.6 is 0 Å². The molecule has 0 heterocycles. The predicted octanol–water partition coefficient (Wildman–Crippen LogP) is 10.8. The van der Waals surface area contributed by atoms with Gasteiger partial charge in [0, 0.05) is 0 Å². The number of hydrogen-bond acceptors (Lipinski definition) is 2. The van der Waals surface area contributed by atoms with Gasteiger partial charge in [0.2, 0.25) is 0 Å². The van der Waals surface area contributed by atoms with Crippen LogP contribution in [0.25, 0.3) is 0 Å². The molecule has 0 radical (unpaired) electrons. The van der Waals surface area contributed by atoms with Crippen molar-refractivity contribution in [3.63, 3.8) is 0 Å². The van der Waals surface area contributed by atoms with E-state index < -0.39 is 0 Å². The van der Waals surface area contributed by atoms with Gasteiger partial charge in [0.15, 0.2) is 0 Å². The zero-order valence-corrected chi connectivity index (χ0v) is 23.4. The SMILES string of the molecule is CCCCCCCCCC(CCCCCCC)C(=O)OCCCCCCCCCCC(C)C. The highest BCUT2D eigenvalue weighted by Crippen LogP contribution is 2.21. The van der Waals surface area contributed by atoms with E-state index in [0.29, 0.717) is 6.61 Å².